The lowest BCUT2D eigenvalue weighted by Crippen LogP contribution is -2.35. The Morgan fingerprint density at radius 3 is 2.73 bits per heavy atom. The highest BCUT2D eigenvalue weighted by Crippen LogP contribution is 2.25. The minimum Gasteiger partial charge on any atom is -0.379 e. The average molecular weight is 400 g/mol. The molecule has 1 saturated heterocycles. The van der Waals surface area contributed by atoms with Gasteiger partial charge in [-0.05, 0) is 30.0 Å². The molecule has 6 nitrogen and oxygen atoms in total. The van der Waals surface area contributed by atoms with Crippen LogP contribution in [0, 0.1) is 6.92 Å². The number of nitrogens with one attached hydrogen (secondary N) is 1. The van der Waals surface area contributed by atoms with Crippen LogP contribution in [0.1, 0.15) is 21.9 Å². The Hall–Kier alpha value is -3.22. The zero-order chi connectivity index (χ0) is 20.5. The molecule has 1 aliphatic rings. The molecule has 3 heterocycles. The number of anilines is 1. The van der Waals surface area contributed by atoms with Crippen LogP contribution in [-0.4, -0.2) is 46.5 Å². The number of carbonyl (C=O) groups is 1. The maximum atomic E-state index is 13.3. The molecule has 0 spiro atoms. The number of aryl methyl sites for hydroxylation is 1. The van der Waals surface area contributed by atoms with Crippen LogP contribution in [0.15, 0.2) is 60.8 Å². The van der Waals surface area contributed by atoms with E-state index >= 15 is 0 Å². The molecule has 152 valence electrons. The van der Waals surface area contributed by atoms with Gasteiger partial charge in [-0.15, -0.1) is 0 Å². The third-order valence-corrected chi connectivity index (χ3v) is 5.66. The van der Waals surface area contributed by atoms with Crippen molar-refractivity contribution >= 4 is 27.9 Å². The van der Waals surface area contributed by atoms with Gasteiger partial charge in [0, 0.05) is 36.9 Å². The van der Waals surface area contributed by atoms with Crippen LogP contribution in [0.2, 0.25) is 0 Å². The number of morpholine rings is 1. The van der Waals surface area contributed by atoms with Crippen molar-refractivity contribution in [1.29, 1.82) is 0 Å². The van der Waals surface area contributed by atoms with Crippen LogP contribution in [0.5, 0.6) is 0 Å². The van der Waals surface area contributed by atoms with Gasteiger partial charge >= 0.3 is 0 Å². The van der Waals surface area contributed by atoms with Gasteiger partial charge in [0.2, 0.25) is 5.82 Å². The molecule has 0 saturated carbocycles. The molecule has 1 N–H and O–H groups in total. The monoisotopic (exact) mass is 400 g/mol. The third kappa shape index (κ3) is 3.44. The highest BCUT2D eigenvalue weighted by molar-refractivity contribution is 6.08. The second-order valence-corrected chi connectivity index (χ2v) is 7.66. The lowest BCUT2D eigenvalue weighted by atomic mass is 10.1. The number of rotatable bonds is 4. The van der Waals surface area contributed by atoms with Crippen molar-refractivity contribution < 1.29 is 9.53 Å². The smallest absolute Gasteiger partial charge is 0.292 e. The molecular weight excluding hydrogens is 376 g/mol. The van der Waals surface area contributed by atoms with Crippen molar-refractivity contribution in [3.8, 4) is 0 Å². The topological polar surface area (TPSA) is 58.9 Å². The number of aromatic nitrogens is 2. The van der Waals surface area contributed by atoms with Gasteiger partial charge in [0.15, 0.2) is 0 Å². The number of hydrogen-bond donors (Lipinski definition) is 1. The quantitative estimate of drug-likeness (QED) is 0.565. The van der Waals surface area contributed by atoms with Crippen LogP contribution >= 0.6 is 0 Å². The van der Waals surface area contributed by atoms with Crippen molar-refractivity contribution in [2.24, 2.45) is 0 Å². The number of fused-ring (bicyclic) bond motifs is 2. The van der Waals surface area contributed by atoms with E-state index in [0.717, 1.165) is 59.5 Å². The molecule has 1 aliphatic heterocycles. The number of carbonyl (C=O) groups excluding carboxylic acids is 1. The predicted octanol–water partition coefficient (Wildman–Crippen LogP) is 3.88. The standard InChI is InChI=1S/C24H24N4O2/c1-17-6-5-11-28-22(17)21(16-27-12-14-30-15-13-27)25-23(28)24(29)26-20-10-4-8-18-7-2-3-9-19(18)20/h2-11H,12-16H2,1H3,(H,26,29). The fourth-order valence-electron chi connectivity index (χ4n) is 4.15. The number of hydrogen-bond acceptors (Lipinski definition) is 4. The summed E-state index contributed by atoms with van der Waals surface area (Å²) >= 11 is 0. The summed E-state index contributed by atoms with van der Waals surface area (Å²) in [4.78, 5) is 20.4. The number of pyridine rings is 1. The highest BCUT2D eigenvalue weighted by atomic mass is 16.5. The Balaban J connectivity index is 1.52. The first-order valence-corrected chi connectivity index (χ1v) is 10.3. The van der Waals surface area contributed by atoms with Crippen LogP contribution < -0.4 is 5.32 Å². The number of amides is 1. The van der Waals surface area contributed by atoms with Crippen LogP contribution in [0.4, 0.5) is 5.69 Å². The second kappa shape index (κ2) is 7.89. The summed E-state index contributed by atoms with van der Waals surface area (Å²) in [5, 5.41) is 5.18. The maximum absolute atomic E-state index is 13.3. The van der Waals surface area contributed by atoms with Gasteiger partial charge in [0.1, 0.15) is 0 Å². The van der Waals surface area contributed by atoms with E-state index in [2.05, 4.69) is 23.2 Å². The van der Waals surface area contributed by atoms with E-state index in [-0.39, 0.29) is 5.91 Å². The van der Waals surface area contributed by atoms with E-state index in [1.54, 1.807) is 0 Å². The molecule has 6 heteroatoms. The number of benzene rings is 2. The summed E-state index contributed by atoms with van der Waals surface area (Å²) in [6.45, 7) is 5.99. The zero-order valence-electron chi connectivity index (χ0n) is 17.0. The van der Waals surface area contributed by atoms with Crippen molar-refractivity contribution in [2.75, 3.05) is 31.6 Å². The van der Waals surface area contributed by atoms with Gasteiger partial charge in [0.25, 0.3) is 5.91 Å². The van der Waals surface area contributed by atoms with Crippen molar-refractivity contribution in [3.05, 3.63) is 77.9 Å². The van der Waals surface area contributed by atoms with E-state index in [0.29, 0.717) is 12.4 Å². The molecule has 30 heavy (non-hydrogen) atoms. The molecule has 4 aromatic rings. The van der Waals surface area contributed by atoms with Crippen LogP contribution in [0.3, 0.4) is 0 Å². The summed E-state index contributed by atoms with van der Waals surface area (Å²) < 4.78 is 7.37. The molecule has 0 atom stereocenters. The minimum absolute atomic E-state index is 0.208. The first-order chi connectivity index (χ1) is 14.7. The van der Waals surface area contributed by atoms with Gasteiger partial charge in [0.05, 0.1) is 24.4 Å². The molecule has 2 aromatic carbocycles. The van der Waals surface area contributed by atoms with E-state index in [1.807, 2.05) is 59.1 Å². The lowest BCUT2D eigenvalue weighted by molar-refractivity contribution is 0.0338. The van der Waals surface area contributed by atoms with Crippen molar-refractivity contribution in [2.45, 2.75) is 13.5 Å². The largest absolute Gasteiger partial charge is 0.379 e. The summed E-state index contributed by atoms with van der Waals surface area (Å²) in [5.41, 5.74) is 3.83. The Labute approximate surface area is 175 Å². The average Bonchev–Trinajstić information content (AvgIpc) is 3.14. The fourth-order valence-corrected chi connectivity index (χ4v) is 4.15. The number of imidazole rings is 1. The van der Waals surface area contributed by atoms with E-state index in [9.17, 15) is 4.79 Å². The first-order valence-electron chi connectivity index (χ1n) is 10.3. The maximum Gasteiger partial charge on any atom is 0.292 e. The Morgan fingerprint density at radius 2 is 1.87 bits per heavy atom. The van der Waals surface area contributed by atoms with Gasteiger partial charge in [-0.3, -0.25) is 14.1 Å². The summed E-state index contributed by atoms with van der Waals surface area (Å²) in [5.74, 6) is 0.199. The number of ether oxygens (including phenoxy) is 1. The Bertz CT molecular complexity index is 1220. The molecule has 5 rings (SSSR count). The Kier molecular flexibility index (Phi) is 4.94. The van der Waals surface area contributed by atoms with Crippen molar-refractivity contribution in [1.82, 2.24) is 14.3 Å². The molecular formula is C24H24N4O2. The normalized spacial score (nSPS) is 15.0. The molecule has 0 aliphatic carbocycles. The van der Waals surface area contributed by atoms with Gasteiger partial charge in [-0.25, -0.2) is 4.98 Å². The van der Waals surface area contributed by atoms with Gasteiger partial charge < -0.3 is 10.1 Å². The molecule has 1 fully saturated rings. The fraction of sp³-hybridized carbons (Fsp3) is 0.250. The SMILES string of the molecule is Cc1cccn2c(C(=O)Nc3cccc4ccccc34)nc(CN3CCOCC3)c12. The summed E-state index contributed by atoms with van der Waals surface area (Å²) in [6.07, 6.45) is 1.91. The minimum atomic E-state index is -0.208. The van der Waals surface area contributed by atoms with E-state index < -0.39 is 0 Å². The van der Waals surface area contributed by atoms with Crippen LogP contribution in [0.25, 0.3) is 16.3 Å². The van der Waals surface area contributed by atoms with Crippen molar-refractivity contribution in [3.63, 3.8) is 0 Å². The van der Waals surface area contributed by atoms with E-state index in [1.165, 1.54) is 0 Å². The van der Waals surface area contributed by atoms with Gasteiger partial charge in [-0.1, -0.05) is 42.5 Å². The molecule has 2 aromatic heterocycles. The van der Waals surface area contributed by atoms with E-state index in [4.69, 9.17) is 9.72 Å². The molecule has 0 unspecified atom stereocenters. The first kappa shape index (κ1) is 18.8. The van der Waals surface area contributed by atoms with Crippen LogP contribution in [-0.2, 0) is 11.3 Å². The van der Waals surface area contributed by atoms with Gasteiger partial charge in [-0.2, -0.15) is 0 Å². The molecule has 1 amide bonds. The predicted molar refractivity (Wildman–Crippen MR) is 118 cm³/mol. The molecule has 0 radical (unpaired) electrons. The second-order valence-electron chi connectivity index (χ2n) is 7.66. The third-order valence-electron chi connectivity index (χ3n) is 5.66. The summed E-state index contributed by atoms with van der Waals surface area (Å²) in [6, 6.07) is 18.0. The number of nitrogens with zero attached hydrogens (tertiary/aromatic N) is 3. The zero-order valence-corrected chi connectivity index (χ0v) is 17.0. The highest BCUT2D eigenvalue weighted by Gasteiger charge is 2.21. The molecule has 0 bridgehead atoms. The Morgan fingerprint density at radius 1 is 1.07 bits per heavy atom. The summed E-state index contributed by atoms with van der Waals surface area (Å²) in [7, 11) is 0. The lowest BCUT2D eigenvalue weighted by Gasteiger charge is -2.25.